The van der Waals surface area contributed by atoms with Gasteiger partial charge in [-0.15, -0.1) is 0 Å². The van der Waals surface area contributed by atoms with Crippen LogP contribution in [0.3, 0.4) is 0 Å². The van der Waals surface area contributed by atoms with Crippen LogP contribution in [0.25, 0.3) is 22.2 Å². The molecule has 1 saturated heterocycles. The van der Waals surface area contributed by atoms with Crippen LogP contribution in [0.15, 0.2) is 53.4 Å². The third-order valence-corrected chi connectivity index (χ3v) is 7.12. The summed E-state index contributed by atoms with van der Waals surface area (Å²) in [5, 5.41) is 9.82. The Hall–Kier alpha value is -2.98. The summed E-state index contributed by atoms with van der Waals surface area (Å²) in [4.78, 5) is 16.2. The summed E-state index contributed by atoms with van der Waals surface area (Å²) < 4.78 is 65.4. The average Bonchev–Trinajstić information content (AvgIpc) is 3.27. The molecule has 6 nitrogen and oxygen atoms in total. The predicted molar refractivity (Wildman–Crippen MR) is 107 cm³/mol. The molecule has 10 heteroatoms. The highest BCUT2D eigenvalue weighted by molar-refractivity contribution is 7.89. The summed E-state index contributed by atoms with van der Waals surface area (Å²) in [5.41, 5.74) is -0.291. The third-order valence-electron chi connectivity index (χ3n) is 5.22. The second kappa shape index (κ2) is 7.61. The van der Waals surface area contributed by atoms with E-state index in [4.69, 9.17) is 0 Å². The van der Waals surface area contributed by atoms with Crippen molar-refractivity contribution in [3.8, 4) is 11.3 Å². The van der Waals surface area contributed by atoms with Crippen LogP contribution >= 0.6 is 0 Å². The predicted octanol–water partition coefficient (Wildman–Crippen LogP) is 4.40. The lowest BCUT2D eigenvalue weighted by Gasteiger charge is -2.16. The first-order valence-electron chi connectivity index (χ1n) is 9.43. The fraction of sp³-hybridized carbons (Fsp3) is 0.238. The fourth-order valence-electron chi connectivity index (χ4n) is 3.60. The van der Waals surface area contributed by atoms with Gasteiger partial charge in [-0.1, -0.05) is 12.1 Å². The number of carboxylic acids is 1. The monoisotopic (exact) mass is 450 g/mol. The fourth-order valence-corrected chi connectivity index (χ4v) is 5.14. The van der Waals surface area contributed by atoms with E-state index in [2.05, 4.69) is 4.98 Å². The molecule has 1 N–H and O–H groups in total. The van der Waals surface area contributed by atoms with Crippen LogP contribution < -0.4 is 0 Å². The standard InChI is InChI=1S/C21H17F3N2O4S/c22-21(23,24)14-5-3-13(4-6-14)19-12-17(20(27)28)16-11-15(7-8-18(16)25-19)31(29,30)26-9-1-2-10-26/h3-8,11-12H,1-2,9-10H2,(H,27,28). The Balaban J connectivity index is 1.82. The number of hydrogen-bond donors (Lipinski definition) is 1. The summed E-state index contributed by atoms with van der Waals surface area (Å²) in [7, 11) is -3.75. The summed E-state index contributed by atoms with van der Waals surface area (Å²) in [5.74, 6) is -1.30. The topological polar surface area (TPSA) is 87.6 Å². The number of fused-ring (bicyclic) bond motifs is 1. The van der Waals surface area contributed by atoms with Crippen LogP contribution in [0.4, 0.5) is 13.2 Å². The summed E-state index contributed by atoms with van der Waals surface area (Å²) in [6.45, 7) is 0.828. The highest BCUT2D eigenvalue weighted by atomic mass is 32.2. The lowest BCUT2D eigenvalue weighted by Crippen LogP contribution is -2.27. The van der Waals surface area contributed by atoms with E-state index in [0.717, 1.165) is 25.0 Å². The molecule has 0 radical (unpaired) electrons. The van der Waals surface area contributed by atoms with Gasteiger partial charge in [-0.3, -0.25) is 0 Å². The lowest BCUT2D eigenvalue weighted by atomic mass is 10.0. The number of carboxylic acid groups (broad SMARTS) is 1. The van der Waals surface area contributed by atoms with Crippen LogP contribution in [0.2, 0.25) is 0 Å². The minimum Gasteiger partial charge on any atom is -0.478 e. The molecule has 0 saturated carbocycles. The van der Waals surface area contributed by atoms with Crippen molar-refractivity contribution in [1.29, 1.82) is 0 Å². The first-order valence-corrected chi connectivity index (χ1v) is 10.9. The molecule has 162 valence electrons. The van der Waals surface area contributed by atoms with E-state index in [1.165, 1.54) is 40.7 Å². The number of sulfonamides is 1. The Morgan fingerprint density at radius 3 is 2.23 bits per heavy atom. The number of carbonyl (C=O) groups is 1. The zero-order chi connectivity index (χ0) is 22.4. The molecule has 31 heavy (non-hydrogen) atoms. The smallest absolute Gasteiger partial charge is 0.416 e. The van der Waals surface area contributed by atoms with Crippen molar-refractivity contribution in [2.45, 2.75) is 23.9 Å². The second-order valence-electron chi connectivity index (χ2n) is 7.23. The molecule has 0 aliphatic carbocycles. The van der Waals surface area contributed by atoms with Crippen LogP contribution in [-0.2, 0) is 16.2 Å². The number of hydrogen-bond acceptors (Lipinski definition) is 4. The maximum atomic E-state index is 12.8. The average molecular weight is 450 g/mol. The normalized spacial score (nSPS) is 15.5. The molecule has 4 rings (SSSR count). The molecular weight excluding hydrogens is 433 g/mol. The molecule has 1 fully saturated rings. The molecule has 2 aromatic carbocycles. The second-order valence-corrected chi connectivity index (χ2v) is 9.16. The van der Waals surface area contributed by atoms with Crippen molar-refractivity contribution >= 4 is 26.9 Å². The highest BCUT2D eigenvalue weighted by Gasteiger charge is 2.30. The van der Waals surface area contributed by atoms with Gasteiger partial charge < -0.3 is 5.11 Å². The van der Waals surface area contributed by atoms with Gasteiger partial charge >= 0.3 is 12.1 Å². The van der Waals surface area contributed by atoms with Crippen molar-refractivity contribution in [2.75, 3.05) is 13.1 Å². The van der Waals surface area contributed by atoms with Crippen molar-refractivity contribution in [3.63, 3.8) is 0 Å². The lowest BCUT2D eigenvalue weighted by molar-refractivity contribution is -0.137. The number of aromatic nitrogens is 1. The van der Waals surface area contributed by atoms with Crippen molar-refractivity contribution in [3.05, 3.63) is 59.7 Å². The Bertz CT molecular complexity index is 1270. The van der Waals surface area contributed by atoms with E-state index >= 15 is 0 Å². The van der Waals surface area contributed by atoms with Gasteiger partial charge in [0, 0.05) is 24.0 Å². The van der Waals surface area contributed by atoms with Gasteiger partial charge in [0.05, 0.1) is 27.2 Å². The largest absolute Gasteiger partial charge is 0.478 e. The van der Waals surface area contributed by atoms with Gasteiger partial charge in [0.1, 0.15) is 0 Å². The van der Waals surface area contributed by atoms with Crippen molar-refractivity contribution in [2.24, 2.45) is 0 Å². The van der Waals surface area contributed by atoms with E-state index in [1.807, 2.05) is 0 Å². The Kier molecular flexibility index (Phi) is 5.22. The van der Waals surface area contributed by atoms with Crippen molar-refractivity contribution in [1.82, 2.24) is 9.29 Å². The van der Waals surface area contributed by atoms with Gasteiger partial charge in [-0.25, -0.2) is 18.2 Å². The molecule has 0 unspecified atom stereocenters. The van der Waals surface area contributed by atoms with Gasteiger partial charge in [0.25, 0.3) is 0 Å². The van der Waals surface area contributed by atoms with Gasteiger partial charge in [-0.05, 0) is 49.2 Å². The van der Waals surface area contributed by atoms with E-state index in [0.29, 0.717) is 18.7 Å². The Labute approximate surface area is 176 Å². The first kappa shape index (κ1) is 21.3. The zero-order valence-electron chi connectivity index (χ0n) is 16.1. The number of benzene rings is 2. The number of pyridine rings is 1. The molecule has 0 amide bonds. The SMILES string of the molecule is O=C(O)c1cc(-c2ccc(C(F)(F)F)cc2)nc2ccc(S(=O)(=O)N3CCCC3)cc12. The number of rotatable bonds is 4. The van der Waals surface area contributed by atoms with Crippen LogP contribution in [0.5, 0.6) is 0 Å². The van der Waals surface area contributed by atoms with E-state index in [-0.39, 0.29) is 27.1 Å². The van der Waals surface area contributed by atoms with E-state index in [9.17, 15) is 31.5 Å². The number of nitrogens with zero attached hydrogens (tertiary/aromatic N) is 2. The van der Waals surface area contributed by atoms with Gasteiger partial charge in [0.2, 0.25) is 10.0 Å². The maximum Gasteiger partial charge on any atom is 0.416 e. The molecule has 0 bridgehead atoms. The minimum absolute atomic E-state index is 0.0199. The molecule has 1 aliphatic rings. The molecule has 1 aliphatic heterocycles. The first-order chi connectivity index (χ1) is 14.6. The van der Waals surface area contributed by atoms with Crippen molar-refractivity contribution < 1.29 is 31.5 Å². The molecule has 1 aromatic heterocycles. The minimum atomic E-state index is -4.49. The number of halogens is 3. The van der Waals surface area contributed by atoms with Gasteiger partial charge in [0.15, 0.2) is 0 Å². The summed E-state index contributed by atoms with van der Waals surface area (Å²) >= 11 is 0. The maximum absolute atomic E-state index is 12.8. The Morgan fingerprint density at radius 2 is 1.65 bits per heavy atom. The van der Waals surface area contributed by atoms with E-state index in [1.54, 1.807) is 0 Å². The summed E-state index contributed by atoms with van der Waals surface area (Å²) in [6.07, 6.45) is -2.95. The van der Waals surface area contributed by atoms with Crippen LogP contribution in [-0.4, -0.2) is 41.9 Å². The number of aromatic carboxylic acids is 1. The summed E-state index contributed by atoms with van der Waals surface area (Å²) in [6, 6.07) is 9.53. The Morgan fingerprint density at radius 1 is 1.00 bits per heavy atom. The molecule has 2 heterocycles. The zero-order valence-corrected chi connectivity index (χ0v) is 16.9. The highest BCUT2D eigenvalue weighted by Crippen LogP contribution is 2.32. The molecule has 0 atom stereocenters. The van der Waals surface area contributed by atoms with Crippen LogP contribution in [0, 0.1) is 0 Å². The van der Waals surface area contributed by atoms with Gasteiger partial charge in [-0.2, -0.15) is 17.5 Å². The molecule has 3 aromatic rings. The molecular formula is C21H17F3N2O4S. The van der Waals surface area contributed by atoms with Crippen LogP contribution in [0.1, 0.15) is 28.8 Å². The third kappa shape index (κ3) is 4.00. The molecule has 0 spiro atoms. The number of alkyl halides is 3. The van der Waals surface area contributed by atoms with E-state index < -0.39 is 27.7 Å². The quantitative estimate of drug-likeness (QED) is 0.637.